The molecular formula is C27H28N2O7. The highest BCUT2D eigenvalue weighted by atomic mass is 16.5. The predicted octanol–water partition coefficient (Wildman–Crippen LogP) is 3.00. The number of carbonyl (C=O) groups is 3. The number of nitrogens with zero attached hydrogens (tertiary/aromatic N) is 1. The lowest BCUT2D eigenvalue weighted by Crippen LogP contribution is -2.36. The molecule has 2 N–H and O–H groups in total. The van der Waals surface area contributed by atoms with E-state index in [0.717, 1.165) is 18.8 Å². The maximum Gasteiger partial charge on any atom is 0.259 e. The monoisotopic (exact) mass is 492 g/mol. The minimum atomic E-state index is -0.496. The Labute approximate surface area is 209 Å². The Hall–Kier alpha value is -4.11. The Balaban J connectivity index is 1.51. The fourth-order valence-electron chi connectivity index (χ4n) is 4.26. The number of ketones is 2. The first-order chi connectivity index (χ1) is 17.3. The van der Waals surface area contributed by atoms with E-state index in [-0.39, 0.29) is 40.4 Å². The molecule has 0 unspecified atom stereocenters. The number of phenolic OH excluding ortho intramolecular Hbond substituents is 1. The molecule has 9 nitrogen and oxygen atoms in total. The molecule has 0 atom stereocenters. The van der Waals surface area contributed by atoms with Crippen molar-refractivity contribution in [1.82, 2.24) is 0 Å². The van der Waals surface area contributed by atoms with E-state index >= 15 is 0 Å². The first-order valence-electron chi connectivity index (χ1n) is 11.5. The van der Waals surface area contributed by atoms with E-state index in [4.69, 9.17) is 14.2 Å². The highest BCUT2D eigenvalue weighted by Crippen LogP contribution is 2.29. The lowest BCUT2D eigenvalue weighted by molar-refractivity contribution is -0.121. The number of rotatable bonds is 7. The Kier molecular flexibility index (Phi) is 7.40. The van der Waals surface area contributed by atoms with E-state index in [0.29, 0.717) is 24.5 Å². The molecule has 1 aliphatic carbocycles. The molecule has 4 rings (SSSR count). The zero-order valence-corrected chi connectivity index (χ0v) is 20.4. The molecule has 188 valence electrons. The summed E-state index contributed by atoms with van der Waals surface area (Å²) in [5, 5.41) is 13.1. The Morgan fingerprint density at radius 1 is 1.00 bits per heavy atom. The van der Waals surface area contributed by atoms with Gasteiger partial charge in [-0.15, -0.1) is 0 Å². The van der Waals surface area contributed by atoms with Crippen LogP contribution in [0.3, 0.4) is 0 Å². The first kappa shape index (κ1) is 25.0. The molecule has 2 aliphatic rings. The molecule has 1 aliphatic heterocycles. The number of anilines is 2. The molecule has 0 saturated carbocycles. The van der Waals surface area contributed by atoms with Gasteiger partial charge in [-0.1, -0.05) is 6.07 Å². The molecule has 1 saturated heterocycles. The Morgan fingerprint density at radius 3 is 2.28 bits per heavy atom. The molecule has 2 aromatic carbocycles. The van der Waals surface area contributed by atoms with Gasteiger partial charge >= 0.3 is 0 Å². The lowest BCUT2D eigenvalue weighted by Gasteiger charge is -2.28. The minimum absolute atomic E-state index is 0.0534. The topological polar surface area (TPSA) is 114 Å². The van der Waals surface area contributed by atoms with Crippen molar-refractivity contribution in [3.63, 3.8) is 0 Å². The fraction of sp³-hybridized carbons (Fsp3) is 0.296. The van der Waals surface area contributed by atoms with E-state index in [2.05, 4.69) is 10.2 Å². The highest BCUT2D eigenvalue weighted by Gasteiger charge is 2.34. The van der Waals surface area contributed by atoms with Gasteiger partial charge in [-0.3, -0.25) is 14.4 Å². The van der Waals surface area contributed by atoms with Crippen molar-refractivity contribution in [2.24, 2.45) is 0 Å². The van der Waals surface area contributed by atoms with Gasteiger partial charge < -0.3 is 29.5 Å². The molecule has 1 amide bonds. The van der Waals surface area contributed by atoms with Crippen molar-refractivity contribution in [2.75, 3.05) is 50.7 Å². The van der Waals surface area contributed by atoms with Gasteiger partial charge in [-0.25, -0.2) is 0 Å². The molecule has 0 aromatic heterocycles. The SMILES string of the molecule is COC1=C(OC)C(=O)C(Cc2ccc(O)c(C(=O)Nc3ccc(N4CCOCC4)cc3)c2)=C(C)C1=O. The summed E-state index contributed by atoms with van der Waals surface area (Å²) in [5.74, 6) is -1.86. The maximum atomic E-state index is 13.0. The van der Waals surface area contributed by atoms with Crippen LogP contribution in [0.5, 0.6) is 5.75 Å². The van der Waals surface area contributed by atoms with E-state index in [1.54, 1.807) is 25.1 Å². The number of Topliss-reactive ketones (excluding diaryl/α,β-unsaturated/α-hetero) is 2. The third kappa shape index (κ3) is 4.96. The molecule has 2 aromatic rings. The van der Waals surface area contributed by atoms with Gasteiger partial charge in [-0.05, 0) is 48.9 Å². The molecule has 36 heavy (non-hydrogen) atoms. The van der Waals surface area contributed by atoms with Gasteiger partial charge in [0.15, 0.2) is 0 Å². The normalized spacial score (nSPS) is 16.4. The van der Waals surface area contributed by atoms with Crippen molar-refractivity contribution >= 4 is 28.8 Å². The van der Waals surface area contributed by atoms with Crippen molar-refractivity contribution in [3.8, 4) is 5.75 Å². The van der Waals surface area contributed by atoms with E-state index in [9.17, 15) is 19.5 Å². The van der Waals surface area contributed by atoms with Gasteiger partial charge in [0.05, 0.1) is 33.0 Å². The largest absolute Gasteiger partial charge is 0.507 e. The number of methoxy groups -OCH3 is 2. The summed E-state index contributed by atoms with van der Waals surface area (Å²) in [4.78, 5) is 40.7. The van der Waals surface area contributed by atoms with Crippen LogP contribution in [0.4, 0.5) is 11.4 Å². The second-order valence-corrected chi connectivity index (χ2v) is 8.46. The Morgan fingerprint density at radius 2 is 1.64 bits per heavy atom. The van der Waals surface area contributed by atoms with Crippen LogP contribution >= 0.6 is 0 Å². The number of ether oxygens (including phenoxy) is 3. The van der Waals surface area contributed by atoms with Crippen LogP contribution in [0.15, 0.2) is 65.1 Å². The molecule has 0 bridgehead atoms. The van der Waals surface area contributed by atoms with Crippen LogP contribution in [0.1, 0.15) is 22.8 Å². The molecule has 9 heteroatoms. The van der Waals surface area contributed by atoms with Gasteiger partial charge in [0, 0.05) is 42.0 Å². The summed E-state index contributed by atoms with van der Waals surface area (Å²) < 4.78 is 15.6. The number of hydrogen-bond donors (Lipinski definition) is 2. The van der Waals surface area contributed by atoms with Gasteiger partial charge in [0.25, 0.3) is 5.91 Å². The summed E-state index contributed by atoms with van der Waals surface area (Å²) in [6.07, 6.45) is 0.0784. The molecular weight excluding hydrogens is 464 g/mol. The van der Waals surface area contributed by atoms with Crippen molar-refractivity contribution in [1.29, 1.82) is 0 Å². The lowest BCUT2D eigenvalue weighted by atomic mass is 9.88. The second-order valence-electron chi connectivity index (χ2n) is 8.46. The standard InChI is InChI=1S/C27H28N2O7/c1-16-20(24(32)26(35-3)25(34-2)23(16)31)14-17-4-9-22(30)21(15-17)27(33)28-18-5-7-19(8-6-18)29-10-12-36-13-11-29/h4-9,15,30H,10-14H2,1-3H3,(H,28,33). The van der Waals surface area contributed by atoms with Crippen LogP contribution in [-0.4, -0.2) is 63.1 Å². The average molecular weight is 493 g/mol. The number of benzene rings is 2. The van der Waals surface area contributed by atoms with Crippen LogP contribution in [-0.2, 0) is 30.2 Å². The van der Waals surface area contributed by atoms with Crippen molar-refractivity contribution < 1.29 is 33.7 Å². The molecule has 1 heterocycles. The molecule has 0 radical (unpaired) electrons. The van der Waals surface area contributed by atoms with Gasteiger partial charge in [0.1, 0.15) is 5.75 Å². The number of carbonyl (C=O) groups excluding carboxylic acids is 3. The van der Waals surface area contributed by atoms with E-state index in [1.807, 2.05) is 12.1 Å². The Bertz CT molecular complexity index is 1260. The smallest absolute Gasteiger partial charge is 0.259 e. The number of amides is 1. The van der Waals surface area contributed by atoms with E-state index in [1.165, 1.54) is 26.4 Å². The van der Waals surface area contributed by atoms with Gasteiger partial charge in [-0.2, -0.15) is 0 Å². The molecule has 1 fully saturated rings. The predicted molar refractivity (Wildman–Crippen MR) is 133 cm³/mol. The number of aromatic hydroxyl groups is 1. The number of allylic oxidation sites excluding steroid dienone is 2. The summed E-state index contributed by atoms with van der Waals surface area (Å²) in [6.45, 7) is 4.53. The number of phenols is 1. The van der Waals surface area contributed by atoms with Crippen molar-refractivity contribution in [3.05, 3.63) is 76.3 Å². The van der Waals surface area contributed by atoms with Crippen LogP contribution in [0.25, 0.3) is 0 Å². The molecule has 0 spiro atoms. The number of morpholine rings is 1. The highest BCUT2D eigenvalue weighted by molar-refractivity contribution is 6.23. The zero-order valence-electron chi connectivity index (χ0n) is 20.4. The first-order valence-corrected chi connectivity index (χ1v) is 11.5. The minimum Gasteiger partial charge on any atom is -0.507 e. The van der Waals surface area contributed by atoms with Crippen LogP contribution < -0.4 is 10.2 Å². The fourth-order valence-corrected chi connectivity index (χ4v) is 4.26. The average Bonchev–Trinajstić information content (AvgIpc) is 2.90. The third-order valence-corrected chi connectivity index (χ3v) is 6.28. The van der Waals surface area contributed by atoms with Crippen LogP contribution in [0, 0.1) is 0 Å². The summed E-state index contributed by atoms with van der Waals surface area (Å²) >= 11 is 0. The number of hydrogen-bond acceptors (Lipinski definition) is 8. The summed E-state index contributed by atoms with van der Waals surface area (Å²) in [7, 11) is 2.60. The second kappa shape index (κ2) is 10.7. The van der Waals surface area contributed by atoms with Crippen molar-refractivity contribution in [2.45, 2.75) is 13.3 Å². The maximum absolute atomic E-state index is 13.0. The third-order valence-electron chi connectivity index (χ3n) is 6.28. The number of nitrogens with one attached hydrogen (secondary N) is 1. The van der Waals surface area contributed by atoms with Crippen LogP contribution in [0.2, 0.25) is 0 Å². The van der Waals surface area contributed by atoms with E-state index < -0.39 is 17.5 Å². The summed E-state index contributed by atoms with van der Waals surface area (Å²) in [5.41, 5.74) is 2.74. The summed E-state index contributed by atoms with van der Waals surface area (Å²) in [6, 6.07) is 12.0. The zero-order chi connectivity index (χ0) is 25.8. The quantitative estimate of drug-likeness (QED) is 0.567. The van der Waals surface area contributed by atoms with Gasteiger partial charge in [0.2, 0.25) is 23.1 Å².